The van der Waals surface area contributed by atoms with E-state index in [4.69, 9.17) is 9.84 Å². The molecule has 1 aliphatic rings. The van der Waals surface area contributed by atoms with Gasteiger partial charge in [-0.3, -0.25) is 9.59 Å². The van der Waals surface area contributed by atoms with E-state index in [1.165, 1.54) is 0 Å². The monoisotopic (exact) mass is 305 g/mol. The van der Waals surface area contributed by atoms with E-state index in [9.17, 15) is 9.59 Å². The first-order valence-corrected chi connectivity index (χ1v) is 7.82. The van der Waals surface area contributed by atoms with Crippen molar-refractivity contribution >= 4 is 11.9 Å². The number of hydrogen-bond donors (Lipinski definition) is 2. The van der Waals surface area contributed by atoms with E-state index >= 15 is 0 Å². The van der Waals surface area contributed by atoms with Crippen LogP contribution in [0.2, 0.25) is 0 Å². The Kier molecular flexibility index (Phi) is 5.81. The van der Waals surface area contributed by atoms with E-state index < -0.39 is 5.97 Å². The molecule has 0 bridgehead atoms. The van der Waals surface area contributed by atoms with Crippen molar-refractivity contribution in [2.24, 2.45) is 11.8 Å². The topological polar surface area (TPSA) is 75.6 Å². The van der Waals surface area contributed by atoms with Crippen LogP contribution in [0.1, 0.15) is 38.2 Å². The first-order chi connectivity index (χ1) is 10.6. The zero-order chi connectivity index (χ0) is 15.9. The van der Waals surface area contributed by atoms with E-state index in [0.29, 0.717) is 38.8 Å². The Balaban J connectivity index is 1.77. The molecule has 120 valence electrons. The Morgan fingerprint density at radius 3 is 2.27 bits per heavy atom. The average molecular weight is 305 g/mol. The van der Waals surface area contributed by atoms with Gasteiger partial charge in [-0.15, -0.1) is 0 Å². The summed E-state index contributed by atoms with van der Waals surface area (Å²) in [5, 5.41) is 11.9. The average Bonchev–Trinajstić information content (AvgIpc) is 2.54. The molecule has 5 heteroatoms. The molecule has 5 nitrogen and oxygen atoms in total. The van der Waals surface area contributed by atoms with Crippen LogP contribution < -0.4 is 10.1 Å². The van der Waals surface area contributed by atoms with Crippen LogP contribution in [0.4, 0.5) is 0 Å². The molecule has 0 saturated heterocycles. The van der Waals surface area contributed by atoms with Gasteiger partial charge in [0.25, 0.3) is 0 Å². The van der Waals surface area contributed by atoms with Crippen LogP contribution in [-0.2, 0) is 16.1 Å². The van der Waals surface area contributed by atoms with Gasteiger partial charge >= 0.3 is 5.97 Å². The number of aliphatic carboxylic acids is 1. The number of ether oxygens (including phenoxy) is 1. The molecule has 0 unspecified atom stereocenters. The third-order valence-corrected chi connectivity index (χ3v) is 4.15. The van der Waals surface area contributed by atoms with Gasteiger partial charge in [0.2, 0.25) is 5.91 Å². The molecule has 2 rings (SSSR count). The number of carbonyl (C=O) groups excluding carboxylic acids is 1. The van der Waals surface area contributed by atoms with Crippen molar-refractivity contribution < 1.29 is 19.4 Å². The largest absolute Gasteiger partial charge is 0.494 e. The maximum absolute atomic E-state index is 12.1. The van der Waals surface area contributed by atoms with E-state index in [1.807, 2.05) is 31.2 Å². The molecule has 1 fully saturated rings. The fourth-order valence-electron chi connectivity index (χ4n) is 2.81. The minimum Gasteiger partial charge on any atom is -0.494 e. The first-order valence-electron chi connectivity index (χ1n) is 7.82. The van der Waals surface area contributed by atoms with Gasteiger partial charge in [0.1, 0.15) is 5.75 Å². The third-order valence-electron chi connectivity index (χ3n) is 4.15. The number of carboxylic acid groups (broad SMARTS) is 1. The molecule has 0 aliphatic heterocycles. The van der Waals surface area contributed by atoms with Crippen LogP contribution in [-0.4, -0.2) is 23.6 Å². The van der Waals surface area contributed by atoms with Crippen LogP contribution in [0.15, 0.2) is 24.3 Å². The van der Waals surface area contributed by atoms with Crippen LogP contribution in [0.5, 0.6) is 5.75 Å². The van der Waals surface area contributed by atoms with Gasteiger partial charge in [-0.2, -0.15) is 0 Å². The van der Waals surface area contributed by atoms with Crippen molar-refractivity contribution in [3.63, 3.8) is 0 Å². The molecule has 0 radical (unpaired) electrons. The smallest absolute Gasteiger partial charge is 0.306 e. The van der Waals surface area contributed by atoms with Gasteiger partial charge in [0.05, 0.1) is 12.5 Å². The molecule has 22 heavy (non-hydrogen) atoms. The third kappa shape index (κ3) is 4.48. The van der Waals surface area contributed by atoms with Crippen molar-refractivity contribution in [3.8, 4) is 5.75 Å². The lowest BCUT2D eigenvalue weighted by Crippen LogP contribution is -2.34. The van der Waals surface area contributed by atoms with Crippen molar-refractivity contribution in [3.05, 3.63) is 29.8 Å². The number of amides is 1. The lowest BCUT2D eigenvalue weighted by atomic mass is 9.81. The molecule has 1 aromatic carbocycles. The molecule has 0 spiro atoms. The summed E-state index contributed by atoms with van der Waals surface area (Å²) in [5.74, 6) is -0.232. The lowest BCUT2D eigenvalue weighted by molar-refractivity contribution is -0.144. The van der Waals surface area contributed by atoms with Crippen molar-refractivity contribution in [1.82, 2.24) is 5.32 Å². The molecule has 0 atom stereocenters. The SMILES string of the molecule is CCOc1ccc(CNC(=O)C2CCC(C(=O)O)CC2)cc1. The fourth-order valence-corrected chi connectivity index (χ4v) is 2.81. The van der Waals surface area contributed by atoms with Gasteiger partial charge in [-0.05, 0) is 50.3 Å². The van der Waals surface area contributed by atoms with Crippen molar-refractivity contribution in [2.75, 3.05) is 6.61 Å². The molecule has 2 N–H and O–H groups in total. The maximum Gasteiger partial charge on any atom is 0.306 e. The van der Waals surface area contributed by atoms with Gasteiger partial charge in [-0.1, -0.05) is 12.1 Å². The molecule has 1 saturated carbocycles. The zero-order valence-electron chi connectivity index (χ0n) is 12.9. The molecule has 0 aromatic heterocycles. The summed E-state index contributed by atoms with van der Waals surface area (Å²) in [5.41, 5.74) is 1.02. The molecule has 1 aromatic rings. The van der Waals surface area contributed by atoms with Gasteiger partial charge in [-0.25, -0.2) is 0 Å². The second kappa shape index (κ2) is 7.82. The number of carboxylic acids is 1. The van der Waals surface area contributed by atoms with Gasteiger partial charge in [0, 0.05) is 12.5 Å². The minimum atomic E-state index is -0.742. The highest BCUT2D eigenvalue weighted by Gasteiger charge is 2.29. The highest BCUT2D eigenvalue weighted by atomic mass is 16.5. The van der Waals surface area contributed by atoms with E-state index in [-0.39, 0.29) is 17.7 Å². The quantitative estimate of drug-likeness (QED) is 0.847. The normalized spacial score (nSPS) is 21.1. The van der Waals surface area contributed by atoms with Gasteiger partial charge in [0.15, 0.2) is 0 Å². The Bertz CT molecular complexity index is 504. The molecule has 1 amide bonds. The van der Waals surface area contributed by atoms with Crippen molar-refractivity contribution in [2.45, 2.75) is 39.2 Å². The predicted molar refractivity (Wildman–Crippen MR) is 82.5 cm³/mol. The summed E-state index contributed by atoms with van der Waals surface area (Å²) in [7, 11) is 0. The molecular formula is C17H23NO4. The van der Waals surface area contributed by atoms with Crippen LogP contribution in [0, 0.1) is 11.8 Å². The number of nitrogens with one attached hydrogen (secondary N) is 1. The standard InChI is InChI=1S/C17H23NO4/c1-2-22-15-9-3-12(4-10-15)11-18-16(19)13-5-7-14(8-6-13)17(20)21/h3-4,9-10,13-14H,2,5-8,11H2,1H3,(H,18,19)(H,20,21). The summed E-state index contributed by atoms with van der Waals surface area (Å²) in [6, 6.07) is 7.66. The van der Waals surface area contributed by atoms with E-state index in [2.05, 4.69) is 5.32 Å². The second-order valence-corrected chi connectivity index (χ2v) is 5.68. The number of carbonyl (C=O) groups is 2. The van der Waals surface area contributed by atoms with E-state index in [0.717, 1.165) is 11.3 Å². The van der Waals surface area contributed by atoms with Gasteiger partial charge < -0.3 is 15.2 Å². The fraction of sp³-hybridized carbons (Fsp3) is 0.529. The van der Waals surface area contributed by atoms with Crippen LogP contribution in [0.3, 0.4) is 0 Å². The Morgan fingerprint density at radius 1 is 1.14 bits per heavy atom. The number of benzene rings is 1. The summed E-state index contributed by atoms with van der Waals surface area (Å²) < 4.78 is 5.38. The van der Waals surface area contributed by atoms with E-state index in [1.54, 1.807) is 0 Å². The second-order valence-electron chi connectivity index (χ2n) is 5.68. The maximum atomic E-state index is 12.1. The molecule has 1 aliphatic carbocycles. The minimum absolute atomic E-state index is 0.0257. The summed E-state index contributed by atoms with van der Waals surface area (Å²) in [6.07, 6.45) is 2.51. The molecule has 0 heterocycles. The number of rotatable bonds is 6. The Hall–Kier alpha value is -2.04. The molecular weight excluding hydrogens is 282 g/mol. The highest BCUT2D eigenvalue weighted by molar-refractivity contribution is 5.79. The lowest BCUT2D eigenvalue weighted by Gasteiger charge is -2.25. The van der Waals surface area contributed by atoms with Crippen molar-refractivity contribution in [1.29, 1.82) is 0 Å². The Labute approximate surface area is 130 Å². The highest BCUT2D eigenvalue weighted by Crippen LogP contribution is 2.29. The van der Waals surface area contributed by atoms with Crippen LogP contribution >= 0.6 is 0 Å². The Morgan fingerprint density at radius 2 is 1.73 bits per heavy atom. The predicted octanol–water partition coefficient (Wildman–Crippen LogP) is 2.59. The first kappa shape index (κ1) is 16.3. The number of hydrogen-bond acceptors (Lipinski definition) is 3. The zero-order valence-corrected chi connectivity index (χ0v) is 12.9. The summed E-state index contributed by atoms with van der Waals surface area (Å²) in [4.78, 5) is 23.0. The summed E-state index contributed by atoms with van der Waals surface area (Å²) >= 11 is 0. The summed E-state index contributed by atoms with van der Waals surface area (Å²) in [6.45, 7) is 3.06. The van der Waals surface area contributed by atoms with Crippen LogP contribution in [0.25, 0.3) is 0 Å².